The minimum atomic E-state index is -0.148. The monoisotopic (exact) mass is 333 g/mol. The maximum atomic E-state index is 12.1. The normalized spacial score (nSPS) is 20.2. The van der Waals surface area contributed by atoms with Crippen LogP contribution in [-0.4, -0.2) is 31.4 Å². The van der Waals surface area contributed by atoms with Gasteiger partial charge in [-0.25, -0.2) is 0 Å². The highest BCUT2D eigenvalue weighted by Gasteiger charge is 2.23. The van der Waals surface area contributed by atoms with E-state index in [0.717, 1.165) is 32.0 Å². The quantitative estimate of drug-likeness (QED) is 0.741. The summed E-state index contributed by atoms with van der Waals surface area (Å²) in [5.74, 6) is 1.37. The van der Waals surface area contributed by atoms with E-state index in [9.17, 15) is 9.59 Å². The Balaban J connectivity index is 1.91. The lowest BCUT2D eigenvalue weighted by atomic mass is 9.86. The van der Waals surface area contributed by atoms with Crippen molar-refractivity contribution in [2.45, 2.75) is 52.0 Å². The second-order valence-corrected chi connectivity index (χ2v) is 6.39. The standard InChI is InChI=1S/C19H27NO4/c1-3-10-23-16-9-8-15(12-21)18(11-16)24-13-19(22)20-17-7-5-4-6-14(17)2/h8-9,11-12,14,17H,3-7,10,13H2,1-2H3,(H,20,22)/t14-,17-/m0/s1. The number of amides is 1. The molecule has 0 heterocycles. The number of nitrogens with one attached hydrogen (secondary N) is 1. The fourth-order valence-corrected chi connectivity index (χ4v) is 2.97. The molecule has 0 saturated heterocycles. The lowest BCUT2D eigenvalue weighted by Crippen LogP contribution is -2.43. The number of ether oxygens (including phenoxy) is 2. The molecular formula is C19H27NO4. The van der Waals surface area contributed by atoms with E-state index in [1.165, 1.54) is 6.42 Å². The van der Waals surface area contributed by atoms with Gasteiger partial charge < -0.3 is 14.8 Å². The van der Waals surface area contributed by atoms with Crippen LogP contribution in [0.25, 0.3) is 0 Å². The molecule has 0 radical (unpaired) electrons. The summed E-state index contributed by atoms with van der Waals surface area (Å²) < 4.78 is 11.1. The van der Waals surface area contributed by atoms with Crippen LogP contribution in [0.4, 0.5) is 0 Å². The van der Waals surface area contributed by atoms with Gasteiger partial charge in [-0.15, -0.1) is 0 Å². The molecule has 1 N–H and O–H groups in total. The number of carbonyl (C=O) groups is 2. The summed E-state index contributed by atoms with van der Waals surface area (Å²) in [5, 5.41) is 3.04. The molecule has 1 aromatic carbocycles. The molecule has 24 heavy (non-hydrogen) atoms. The smallest absolute Gasteiger partial charge is 0.258 e. The molecule has 5 heteroatoms. The third kappa shape index (κ3) is 5.25. The van der Waals surface area contributed by atoms with Gasteiger partial charge in [-0.1, -0.05) is 26.7 Å². The lowest BCUT2D eigenvalue weighted by Gasteiger charge is -2.29. The topological polar surface area (TPSA) is 64.6 Å². The molecule has 5 nitrogen and oxygen atoms in total. The molecule has 1 aliphatic rings. The Morgan fingerprint density at radius 2 is 2.08 bits per heavy atom. The molecule has 1 aliphatic carbocycles. The number of hydrogen-bond donors (Lipinski definition) is 1. The van der Waals surface area contributed by atoms with Crippen molar-refractivity contribution in [2.75, 3.05) is 13.2 Å². The summed E-state index contributed by atoms with van der Waals surface area (Å²) in [5.41, 5.74) is 0.415. The van der Waals surface area contributed by atoms with Gasteiger partial charge in [0.1, 0.15) is 11.5 Å². The third-order valence-corrected chi connectivity index (χ3v) is 4.40. The number of hydrogen-bond acceptors (Lipinski definition) is 4. The number of benzene rings is 1. The Bertz CT molecular complexity index is 558. The molecule has 2 atom stereocenters. The third-order valence-electron chi connectivity index (χ3n) is 4.40. The number of aldehydes is 1. The van der Waals surface area contributed by atoms with Gasteiger partial charge in [-0.3, -0.25) is 9.59 Å². The highest BCUT2D eigenvalue weighted by atomic mass is 16.5. The van der Waals surface area contributed by atoms with Crippen LogP contribution in [0.2, 0.25) is 0 Å². The second-order valence-electron chi connectivity index (χ2n) is 6.39. The van der Waals surface area contributed by atoms with E-state index in [4.69, 9.17) is 9.47 Å². The Hall–Kier alpha value is -2.04. The van der Waals surface area contributed by atoms with Crippen molar-refractivity contribution < 1.29 is 19.1 Å². The van der Waals surface area contributed by atoms with Crippen molar-refractivity contribution in [1.29, 1.82) is 0 Å². The summed E-state index contributed by atoms with van der Waals surface area (Å²) in [6.07, 6.45) is 6.18. The fourth-order valence-electron chi connectivity index (χ4n) is 2.97. The van der Waals surface area contributed by atoms with E-state index in [0.29, 0.717) is 29.6 Å². The molecule has 0 aliphatic heterocycles. The minimum Gasteiger partial charge on any atom is -0.493 e. The van der Waals surface area contributed by atoms with E-state index in [1.807, 2.05) is 6.92 Å². The van der Waals surface area contributed by atoms with Gasteiger partial charge in [0, 0.05) is 12.1 Å². The molecular weight excluding hydrogens is 306 g/mol. The summed E-state index contributed by atoms with van der Waals surface area (Å²) in [4.78, 5) is 23.3. The maximum Gasteiger partial charge on any atom is 0.258 e. The number of carbonyl (C=O) groups excluding carboxylic acids is 2. The van der Waals surface area contributed by atoms with Crippen LogP contribution in [0.3, 0.4) is 0 Å². The van der Waals surface area contributed by atoms with E-state index >= 15 is 0 Å². The molecule has 0 aromatic heterocycles. The molecule has 2 rings (SSSR count). The minimum absolute atomic E-state index is 0.0959. The molecule has 1 saturated carbocycles. The molecule has 0 spiro atoms. The van der Waals surface area contributed by atoms with Gasteiger partial charge in [0.15, 0.2) is 12.9 Å². The van der Waals surface area contributed by atoms with Gasteiger partial charge in [-0.05, 0) is 37.3 Å². The van der Waals surface area contributed by atoms with E-state index in [2.05, 4.69) is 12.2 Å². The first-order valence-corrected chi connectivity index (χ1v) is 8.78. The predicted octanol–water partition coefficient (Wildman–Crippen LogP) is 3.36. The zero-order chi connectivity index (χ0) is 17.4. The van der Waals surface area contributed by atoms with Gasteiger partial charge in [0.25, 0.3) is 5.91 Å². The fraction of sp³-hybridized carbons (Fsp3) is 0.579. The van der Waals surface area contributed by atoms with E-state index in [1.54, 1.807) is 18.2 Å². The highest BCUT2D eigenvalue weighted by molar-refractivity contribution is 5.81. The average Bonchev–Trinajstić information content (AvgIpc) is 2.60. The average molecular weight is 333 g/mol. The second kappa shape index (κ2) is 9.30. The summed E-state index contributed by atoms with van der Waals surface area (Å²) in [6.45, 7) is 4.69. The van der Waals surface area contributed by atoms with Crippen LogP contribution < -0.4 is 14.8 Å². The van der Waals surface area contributed by atoms with Crippen molar-refractivity contribution in [3.63, 3.8) is 0 Å². The van der Waals surface area contributed by atoms with E-state index in [-0.39, 0.29) is 18.6 Å². The van der Waals surface area contributed by atoms with E-state index < -0.39 is 0 Å². The molecule has 1 aromatic rings. The molecule has 1 amide bonds. The SMILES string of the molecule is CCCOc1ccc(C=O)c(OCC(=O)N[C@H]2CCCC[C@@H]2C)c1. The Morgan fingerprint density at radius 3 is 2.79 bits per heavy atom. The summed E-state index contributed by atoms with van der Waals surface area (Å²) >= 11 is 0. The summed E-state index contributed by atoms with van der Waals surface area (Å²) in [7, 11) is 0. The van der Waals surface area contributed by atoms with Crippen molar-refractivity contribution >= 4 is 12.2 Å². The Labute approximate surface area is 143 Å². The largest absolute Gasteiger partial charge is 0.493 e. The van der Waals surface area contributed by atoms with Crippen LogP contribution in [0, 0.1) is 5.92 Å². The van der Waals surface area contributed by atoms with Crippen molar-refractivity contribution in [3.05, 3.63) is 23.8 Å². The van der Waals surface area contributed by atoms with Crippen LogP contribution in [0.1, 0.15) is 56.3 Å². The van der Waals surface area contributed by atoms with Gasteiger partial charge in [-0.2, -0.15) is 0 Å². The first kappa shape index (κ1) is 18.3. The van der Waals surface area contributed by atoms with Gasteiger partial charge in [0.2, 0.25) is 0 Å². The van der Waals surface area contributed by atoms with Crippen molar-refractivity contribution in [2.24, 2.45) is 5.92 Å². The molecule has 0 bridgehead atoms. The lowest BCUT2D eigenvalue weighted by molar-refractivity contribution is -0.124. The Kier molecular flexibility index (Phi) is 7.09. The highest BCUT2D eigenvalue weighted by Crippen LogP contribution is 2.25. The molecule has 0 unspecified atom stereocenters. The van der Waals surface area contributed by atoms with Crippen LogP contribution >= 0.6 is 0 Å². The van der Waals surface area contributed by atoms with Crippen molar-refractivity contribution in [3.8, 4) is 11.5 Å². The van der Waals surface area contributed by atoms with Crippen molar-refractivity contribution in [1.82, 2.24) is 5.32 Å². The van der Waals surface area contributed by atoms with Gasteiger partial charge in [0.05, 0.1) is 12.2 Å². The predicted molar refractivity (Wildman–Crippen MR) is 92.7 cm³/mol. The maximum absolute atomic E-state index is 12.1. The summed E-state index contributed by atoms with van der Waals surface area (Å²) in [6, 6.07) is 5.26. The molecule has 1 fully saturated rings. The Morgan fingerprint density at radius 1 is 1.29 bits per heavy atom. The van der Waals surface area contributed by atoms with Crippen LogP contribution in [0.5, 0.6) is 11.5 Å². The number of rotatable bonds is 8. The molecule has 132 valence electrons. The van der Waals surface area contributed by atoms with Crippen LogP contribution in [-0.2, 0) is 4.79 Å². The van der Waals surface area contributed by atoms with Gasteiger partial charge >= 0.3 is 0 Å². The first-order valence-electron chi connectivity index (χ1n) is 8.78. The first-order chi connectivity index (χ1) is 11.6. The zero-order valence-electron chi connectivity index (χ0n) is 14.5. The van der Waals surface area contributed by atoms with Crippen LogP contribution in [0.15, 0.2) is 18.2 Å². The zero-order valence-corrected chi connectivity index (χ0v) is 14.5.